The minimum atomic E-state index is 0.347. The topological polar surface area (TPSA) is 32.3 Å². The molecule has 1 fully saturated rings. The van der Waals surface area contributed by atoms with E-state index in [0.29, 0.717) is 6.61 Å². The van der Waals surface area contributed by atoms with Crippen molar-refractivity contribution in [1.82, 2.24) is 5.32 Å². The summed E-state index contributed by atoms with van der Waals surface area (Å²) in [5, 5.41) is 12.4. The molecule has 102 valence electrons. The molecule has 1 aliphatic rings. The van der Waals surface area contributed by atoms with Crippen LogP contribution in [0, 0.1) is 11.8 Å². The maximum Gasteiger partial charge on any atom is 0.0431 e. The zero-order valence-electron chi connectivity index (χ0n) is 11.8. The molecular weight excluding hydrogens is 210 g/mol. The molecule has 0 heterocycles. The molecular formula is C15H31NO. The molecule has 2 nitrogen and oxygen atoms in total. The SMILES string of the molecule is CC(C)C1CCCC(NCCCCCO)CC1. The van der Waals surface area contributed by atoms with Gasteiger partial charge in [0.15, 0.2) is 0 Å². The number of hydrogen-bond donors (Lipinski definition) is 2. The average Bonchev–Trinajstić information content (AvgIpc) is 2.54. The van der Waals surface area contributed by atoms with E-state index in [1.807, 2.05) is 0 Å². The van der Waals surface area contributed by atoms with Crippen LogP contribution in [0.2, 0.25) is 0 Å². The number of nitrogens with one attached hydrogen (secondary N) is 1. The Hall–Kier alpha value is -0.0800. The molecule has 17 heavy (non-hydrogen) atoms. The normalized spacial score (nSPS) is 26.1. The van der Waals surface area contributed by atoms with Gasteiger partial charge in [0.25, 0.3) is 0 Å². The van der Waals surface area contributed by atoms with Gasteiger partial charge in [0, 0.05) is 12.6 Å². The molecule has 0 aromatic rings. The number of rotatable bonds is 7. The van der Waals surface area contributed by atoms with Crippen LogP contribution < -0.4 is 5.32 Å². The Kier molecular flexibility index (Phi) is 7.87. The van der Waals surface area contributed by atoms with Crippen LogP contribution >= 0.6 is 0 Å². The van der Waals surface area contributed by atoms with Gasteiger partial charge < -0.3 is 10.4 Å². The van der Waals surface area contributed by atoms with Crippen molar-refractivity contribution < 1.29 is 5.11 Å². The van der Waals surface area contributed by atoms with Crippen molar-refractivity contribution >= 4 is 0 Å². The first-order chi connectivity index (χ1) is 8.24. The van der Waals surface area contributed by atoms with E-state index in [4.69, 9.17) is 5.11 Å². The lowest BCUT2D eigenvalue weighted by atomic mass is 9.89. The van der Waals surface area contributed by atoms with Gasteiger partial charge in [-0.15, -0.1) is 0 Å². The Bertz CT molecular complexity index is 182. The van der Waals surface area contributed by atoms with Crippen LogP contribution in [0.25, 0.3) is 0 Å². The van der Waals surface area contributed by atoms with E-state index < -0.39 is 0 Å². The molecule has 1 rings (SSSR count). The van der Waals surface area contributed by atoms with E-state index >= 15 is 0 Å². The highest BCUT2D eigenvalue weighted by molar-refractivity contribution is 4.76. The number of aliphatic hydroxyl groups is 1. The molecule has 2 atom stereocenters. The summed E-state index contributed by atoms with van der Waals surface area (Å²) in [5.74, 6) is 1.81. The van der Waals surface area contributed by atoms with Crippen LogP contribution in [0.3, 0.4) is 0 Å². The van der Waals surface area contributed by atoms with Gasteiger partial charge in [-0.05, 0) is 56.9 Å². The number of unbranched alkanes of at least 4 members (excludes halogenated alkanes) is 2. The molecule has 1 saturated carbocycles. The Morgan fingerprint density at radius 3 is 2.59 bits per heavy atom. The summed E-state index contributed by atoms with van der Waals surface area (Å²) >= 11 is 0. The van der Waals surface area contributed by atoms with E-state index in [9.17, 15) is 0 Å². The van der Waals surface area contributed by atoms with E-state index in [-0.39, 0.29) is 0 Å². The second-order valence-corrected chi connectivity index (χ2v) is 5.95. The lowest BCUT2D eigenvalue weighted by molar-refractivity contribution is 0.282. The Morgan fingerprint density at radius 1 is 1.06 bits per heavy atom. The average molecular weight is 241 g/mol. The van der Waals surface area contributed by atoms with Crippen LogP contribution in [0.4, 0.5) is 0 Å². The fourth-order valence-corrected chi connectivity index (χ4v) is 2.92. The zero-order chi connectivity index (χ0) is 12.5. The molecule has 1 aliphatic carbocycles. The first kappa shape index (κ1) is 15.0. The molecule has 2 heteroatoms. The van der Waals surface area contributed by atoms with Crippen LogP contribution in [-0.4, -0.2) is 24.3 Å². The molecule has 0 aliphatic heterocycles. The van der Waals surface area contributed by atoms with Crippen molar-refractivity contribution in [2.75, 3.05) is 13.2 Å². The van der Waals surface area contributed by atoms with Crippen LogP contribution in [0.5, 0.6) is 0 Å². The lowest BCUT2D eigenvalue weighted by Crippen LogP contribution is -2.29. The summed E-state index contributed by atoms with van der Waals surface area (Å²) in [6.07, 6.45) is 10.3. The van der Waals surface area contributed by atoms with Crippen molar-refractivity contribution in [3.8, 4) is 0 Å². The zero-order valence-corrected chi connectivity index (χ0v) is 11.8. The van der Waals surface area contributed by atoms with Crippen molar-refractivity contribution in [2.24, 2.45) is 11.8 Å². The van der Waals surface area contributed by atoms with E-state index in [0.717, 1.165) is 37.3 Å². The highest BCUT2D eigenvalue weighted by Crippen LogP contribution is 2.28. The molecule has 0 aromatic heterocycles. The number of aliphatic hydroxyl groups excluding tert-OH is 1. The lowest BCUT2D eigenvalue weighted by Gasteiger charge is -2.19. The van der Waals surface area contributed by atoms with Crippen LogP contribution in [-0.2, 0) is 0 Å². The molecule has 2 N–H and O–H groups in total. The molecule has 2 unspecified atom stereocenters. The largest absolute Gasteiger partial charge is 0.396 e. The third-order valence-electron chi connectivity index (χ3n) is 4.22. The summed E-state index contributed by atoms with van der Waals surface area (Å²) in [6.45, 7) is 6.22. The Balaban J connectivity index is 2.09. The predicted octanol–water partition coefficient (Wildman–Crippen LogP) is 3.34. The smallest absolute Gasteiger partial charge is 0.0431 e. The second-order valence-electron chi connectivity index (χ2n) is 5.95. The molecule has 0 aromatic carbocycles. The molecule has 0 saturated heterocycles. The first-order valence-corrected chi connectivity index (χ1v) is 7.58. The van der Waals surface area contributed by atoms with Gasteiger partial charge in [-0.25, -0.2) is 0 Å². The van der Waals surface area contributed by atoms with Gasteiger partial charge in [-0.2, -0.15) is 0 Å². The van der Waals surface area contributed by atoms with Crippen molar-refractivity contribution in [3.05, 3.63) is 0 Å². The van der Waals surface area contributed by atoms with Crippen LogP contribution in [0.15, 0.2) is 0 Å². The highest BCUT2D eigenvalue weighted by Gasteiger charge is 2.20. The van der Waals surface area contributed by atoms with Crippen molar-refractivity contribution in [1.29, 1.82) is 0 Å². The number of hydrogen-bond acceptors (Lipinski definition) is 2. The Morgan fingerprint density at radius 2 is 1.88 bits per heavy atom. The minimum absolute atomic E-state index is 0.347. The van der Waals surface area contributed by atoms with Crippen molar-refractivity contribution in [2.45, 2.75) is 71.3 Å². The predicted molar refractivity (Wildman–Crippen MR) is 74.1 cm³/mol. The van der Waals surface area contributed by atoms with Gasteiger partial charge in [-0.1, -0.05) is 26.7 Å². The first-order valence-electron chi connectivity index (χ1n) is 7.58. The highest BCUT2D eigenvalue weighted by atomic mass is 16.2. The monoisotopic (exact) mass is 241 g/mol. The van der Waals surface area contributed by atoms with E-state index in [1.165, 1.54) is 38.5 Å². The van der Waals surface area contributed by atoms with Gasteiger partial charge in [0.2, 0.25) is 0 Å². The van der Waals surface area contributed by atoms with E-state index in [2.05, 4.69) is 19.2 Å². The third-order valence-corrected chi connectivity index (χ3v) is 4.22. The van der Waals surface area contributed by atoms with E-state index in [1.54, 1.807) is 0 Å². The van der Waals surface area contributed by atoms with Gasteiger partial charge in [0.1, 0.15) is 0 Å². The van der Waals surface area contributed by atoms with Crippen molar-refractivity contribution in [3.63, 3.8) is 0 Å². The van der Waals surface area contributed by atoms with Crippen LogP contribution in [0.1, 0.15) is 65.2 Å². The fraction of sp³-hybridized carbons (Fsp3) is 1.00. The van der Waals surface area contributed by atoms with Gasteiger partial charge >= 0.3 is 0 Å². The summed E-state index contributed by atoms with van der Waals surface area (Å²) in [6, 6.07) is 0.757. The fourth-order valence-electron chi connectivity index (χ4n) is 2.92. The second kappa shape index (κ2) is 8.93. The molecule has 0 amide bonds. The molecule has 0 radical (unpaired) electrons. The quantitative estimate of drug-likeness (QED) is 0.529. The third kappa shape index (κ3) is 6.42. The summed E-state index contributed by atoms with van der Waals surface area (Å²) in [4.78, 5) is 0. The maximum absolute atomic E-state index is 8.71. The van der Waals surface area contributed by atoms with Gasteiger partial charge in [0.05, 0.1) is 0 Å². The standard InChI is InChI=1S/C15H31NO/c1-13(2)14-7-6-8-15(10-9-14)16-11-4-3-5-12-17/h13-17H,3-12H2,1-2H3. The summed E-state index contributed by atoms with van der Waals surface area (Å²) in [5.41, 5.74) is 0. The van der Waals surface area contributed by atoms with Gasteiger partial charge in [-0.3, -0.25) is 0 Å². The minimum Gasteiger partial charge on any atom is -0.396 e. The summed E-state index contributed by atoms with van der Waals surface area (Å²) in [7, 11) is 0. The summed E-state index contributed by atoms with van der Waals surface area (Å²) < 4.78 is 0. The Labute approximate surface area is 107 Å². The molecule has 0 spiro atoms. The maximum atomic E-state index is 8.71. The molecule has 0 bridgehead atoms.